The highest BCUT2D eigenvalue weighted by molar-refractivity contribution is 5.79. The summed E-state index contributed by atoms with van der Waals surface area (Å²) in [4.78, 5) is 40.9. The number of phenolic OH excluding ortho intramolecular Hbond substituents is 3. The van der Waals surface area contributed by atoms with Crippen molar-refractivity contribution in [2.45, 2.75) is 96.7 Å². The number of carbonyl (C=O) groups excluding carboxylic acids is 2. The molecule has 0 radical (unpaired) electrons. The predicted octanol–water partition coefficient (Wildman–Crippen LogP) is 7.51. The maximum Gasteiger partial charge on any atom is 0.320 e. The van der Waals surface area contributed by atoms with Crippen LogP contribution in [0.3, 0.4) is 0 Å². The molecule has 9 rings (SSSR count). The van der Waals surface area contributed by atoms with E-state index in [-0.39, 0.29) is 54.1 Å². The van der Waals surface area contributed by atoms with Crippen molar-refractivity contribution in [2.75, 3.05) is 76.1 Å². The molecule has 6 heterocycles. The molecule has 0 spiro atoms. The number of para-hydroxylation sites is 3. The molecule has 2 saturated heterocycles. The van der Waals surface area contributed by atoms with Crippen molar-refractivity contribution >= 4 is 40.9 Å². The number of nitrogens with zero attached hydrogens (tertiary/aromatic N) is 9. The molecule has 0 atom stereocenters. The monoisotopic (exact) mass is 1090 g/mol. The van der Waals surface area contributed by atoms with Gasteiger partial charge in [0.25, 0.3) is 0 Å². The molecule has 0 saturated carbocycles. The second-order valence-electron chi connectivity index (χ2n) is 22.1. The van der Waals surface area contributed by atoms with Crippen LogP contribution in [0.1, 0.15) is 102 Å². The maximum absolute atomic E-state index is 12.0. The van der Waals surface area contributed by atoms with E-state index in [1.807, 2.05) is 93.8 Å². The van der Waals surface area contributed by atoms with Gasteiger partial charge in [0.2, 0.25) is 0 Å². The van der Waals surface area contributed by atoms with E-state index in [1.165, 1.54) is 0 Å². The third-order valence-corrected chi connectivity index (χ3v) is 13.7. The van der Waals surface area contributed by atoms with Gasteiger partial charge >= 0.3 is 17.9 Å². The summed E-state index contributed by atoms with van der Waals surface area (Å²) in [5.74, 6) is 0.869. The van der Waals surface area contributed by atoms with E-state index in [4.69, 9.17) is 31.8 Å². The van der Waals surface area contributed by atoms with E-state index in [0.29, 0.717) is 77.4 Å². The smallest absolute Gasteiger partial charge is 0.320 e. The number of carbonyl (C=O) groups is 3. The Morgan fingerprint density at radius 3 is 1.26 bits per heavy atom. The number of esters is 2. The number of hydrogen-bond acceptors (Lipinski definition) is 20. The summed E-state index contributed by atoms with van der Waals surface area (Å²) in [5, 5.41) is 63.6. The van der Waals surface area contributed by atoms with Crippen LogP contribution in [0.4, 0.5) is 17.5 Å². The molecule has 0 unspecified atom stereocenters. The molecule has 0 aliphatic carbocycles. The molecule has 424 valence electrons. The van der Waals surface area contributed by atoms with Gasteiger partial charge in [-0.25, -0.2) is 0 Å². The number of nitrogen functional groups attached to an aromatic ring is 3. The number of piperidine rings is 2. The molecule has 2 fully saturated rings. The van der Waals surface area contributed by atoms with Crippen LogP contribution in [0.25, 0.3) is 39.3 Å². The van der Waals surface area contributed by atoms with Crippen LogP contribution in [0.5, 0.6) is 17.2 Å². The molecular formula is C59H74N12O9. The summed E-state index contributed by atoms with van der Waals surface area (Å²) in [6.45, 7) is 16.2. The number of aromatic hydroxyl groups is 3. The van der Waals surface area contributed by atoms with Crippen molar-refractivity contribution in [1.82, 2.24) is 45.3 Å². The lowest BCUT2D eigenvalue weighted by Gasteiger charge is -2.32. The minimum atomic E-state index is -0.805. The Kier molecular flexibility index (Phi) is 19.7. The molecule has 0 amide bonds. The highest BCUT2D eigenvalue weighted by Crippen LogP contribution is 2.37. The van der Waals surface area contributed by atoms with Crippen molar-refractivity contribution in [3.63, 3.8) is 0 Å². The molecule has 6 aromatic rings. The van der Waals surface area contributed by atoms with Crippen LogP contribution in [0.15, 0.2) is 97.1 Å². The number of anilines is 3. The fourth-order valence-corrected chi connectivity index (χ4v) is 9.82. The average molecular weight is 1100 g/mol. The van der Waals surface area contributed by atoms with Crippen LogP contribution >= 0.6 is 0 Å². The Hall–Kier alpha value is -8.27. The van der Waals surface area contributed by atoms with Crippen LogP contribution in [-0.2, 0) is 23.9 Å². The van der Waals surface area contributed by atoms with Gasteiger partial charge in [-0.3, -0.25) is 29.1 Å². The van der Waals surface area contributed by atoms with Crippen molar-refractivity contribution in [1.29, 1.82) is 0 Å². The number of phenols is 3. The first kappa shape index (κ1) is 59.4. The van der Waals surface area contributed by atoms with Gasteiger partial charge in [-0.2, -0.15) is 0 Å². The number of rotatable bonds is 12. The Labute approximate surface area is 466 Å². The molecular weight excluding hydrogens is 1020 g/mol. The van der Waals surface area contributed by atoms with E-state index in [9.17, 15) is 29.7 Å². The molecule has 10 N–H and O–H groups in total. The summed E-state index contributed by atoms with van der Waals surface area (Å²) < 4.78 is 10.8. The first-order valence-electron chi connectivity index (χ1n) is 26.8. The van der Waals surface area contributed by atoms with Crippen LogP contribution in [0, 0.1) is 0 Å². The predicted molar refractivity (Wildman–Crippen MR) is 306 cm³/mol. The Morgan fingerprint density at radius 1 is 0.512 bits per heavy atom. The summed E-state index contributed by atoms with van der Waals surface area (Å²) in [6, 6.07) is 26.7. The lowest BCUT2D eigenvalue weighted by molar-refractivity contribution is -0.157. The van der Waals surface area contributed by atoms with Gasteiger partial charge in [0.15, 0.2) is 5.82 Å². The lowest BCUT2D eigenvalue weighted by Crippen LogP contribution is -2.39. The zero-order chi connectivity index (χ0) is 57.7. The van der Waals surface area contributed by atoms with Crippen LogP contribution < -0.4 is 17.2 Å². The number of ether oxygens (including phenoxy) is 2. The normalized spacial score (nSPS) is 15.8. The quantitative estimate of drug-likeness (QED) is 0.0583. The fraction of sp³-hybridized carbons (Fsp3) is 0.407. The van der Waals surface area contributed by atoms with Crippen molar-refractivity contribution in [2.24, 2.45) is 0 Å². The standard InChI is InChI=1S/C21H28N4O3.C21H26N4O3.C17H20N4O3/c2*1-21(2,3)28-19(27)13-25-10-8-14(9-11-25)16-12-17(23-24-20(16)22)15-6-4-5-7-18(15)26;18-17-13(11-5-7-21(8-6-11)10-16(23)24)9-14(19-20-17)12-3-1-2-4-15(12)22/h4-7,12,14,26H,8-11,13H2,1-3H3,(H2,22,24);4-8,12,26H,9-11,13H2,1-3H3,(H2,22,24);1-4,9,11,22H,5-8,10H2,(H2,18,20)(H,23,24). The first-order valence-corrected chi connectivity index (χ1v) is 26.8. The highest BCUT2D eigenvalue weighted by atomic mass is 16.6. The largest absolute Gasteiger partial charge is 0.507 e. The Balaban J connectivity index is 0.000000174. The van der Waals surface area contributed by atoms with Gasteiger partial charge in [-0.05, 0) is 172 Å². The van der Waals surface area contributed by atoms with Crippen LogP contribution in [0.2, 0.25) is 0 Å². The summed E-state index contributed by atoms with van der Waals surface area (Å²) in [7, 11) is 0. The third kappa shape index (κ3) is 16.9. The number of nitrogens with two attached hydrogens (primary N) is 3. The van der Waals surface area contributed by atoms with Gasteiger partial charge in [0.05, 0.1) is 36.7 Å². The zero-order valence-corrected chi connectivity index (χ0v) is 46.4. The molecule has 3 aliphatic rings. The lowest BCUT2D eigenvalue weighted by atomic mass is 9.89. The number of aliphatic carboxylic acids is 1. The van der Waals surface area contributed by atoms with Crippen molar-refractivity contribution in [3.8, 4) is 51.0 Å². The number of benzene rings is 3. The molecule has 0 bridgehead atoms. The fourth-order valence-electron chi connectivity index (χ4n) is 9.82. The SMILES string of the molecule is CC(C)(C)OC(=O)CN1CC=C(c2cc(-c3ccccc3O)nnc2N)CC1.CC(C)(C)OC(=O)CN1CCC(c2cc(-c3ccccc3O)nnc2N)CC1.Nc1nnc(-c2ccccc2O)cc1C1CCN(CC(=O)O)CC1. The second kappa shape index (κ2) is 26.6. The molecule has 3 aromatic carbocycles. The van der Waals surface area contributed by atoms with E-state index in [2.05, 4.69) is 41.6 Å². The highest BCUT2D eigenvalue weighted by Gasteiger charge is 2.28. The van der Waals surface area contributed by atoms with Crippen molar-refractivity contribution < 1.29 is 44.3 Å². The second-order valence-corrected chi connectivity index (χ2v) is 22.1. The molecule has 21 heteroatoms. The number of aromatic nitrogens is 6. The topological polar surface area (TPSA) is 316 Å². The van der Waals surface area contributed by atoms with E-state index >= 15 is 0 Å². The Morgan fingerprint density at radius 2 is 0.887 bits per heavy atom. The van der Waals surface area contributed by atoms with Gasteiger partial charge in [0.1, 0.15) is 40.1 Å². The number of carboxylic acid groups (broad SMARTS) is 1. The summed E-state index contributed by atoms with van der Waals surface area (Å²) >= 11 is 0. The first-order chi connectivity index (χ1) is 38.0. The van der Waals surface area contributed by atoms with E-state index in [1.54, 1.807) is 48.5 Å². The van der Waals surface area contributed by atoms with Gasteiger partial charge in [0, 0.05) is 46.5 Å². The molecule has 3 aliphatic heterocycles. The number of carboxylic acids is 1. The number of hydrogen-bond donors (Lipinski definition) is 7. The van der Waals surface area contributed by atoms with Gasteiger partial charge in [-0.15, -0.1) is 30.6 Å². The minimum Gasteiger partial charge on any atom is -0.507 e. The molecule has 80 heavy (non-hydrogen) atoms. The summed E-state index contributed by atoms with van der Waals surface area (Å²) in [6.07, 6.45) is 6.18. The zero-order valence-electron chi connectivity index (χ0n) is 46.4. The maximum atomic E-state index is 12.0. The van der Waals surface area contributed by atoms with E-state index in [0.717, 1.165) is 74.0 Å². The number of likely N-dealkylation sites (tertiary alicyclic amines) is 2. The Bertz CT molecular complexity index is 3140. The minimum absolute atomic E-state index is 0.0694. The molecule has 21 nitrogen and oxygen atoms in total. The van der Waals surface area contributed by atoms with Gasteiger partial charge in [-0.1, -0.05) is 42.5 Å². The summed E-state index contributed by atoms with van der Waals surface area (Å²) in [5.41, 5.74) is 24.6. The average Bonchev–Trinajstić information content (AvgIpc) is 3.41. The van der Waals surface area contributed by atoms with Crippen molar-refractivity contribution in [3.05, 3.63) is 114 Å². The van der Waals surface area contributed by atoms with Crippen LogP contribution in [-0.4, -0.2) is 154 Å². The van der Waals surface area contributed by atoms with Gasteiger partial charge < -0.3 is 47.1 Å². The third-order valence-electron chi connectivity index (χ3n) is 13.7. The molecule has 3 aromatic heterocycles. The van der Waals surface area contributed by atoms with E-state index < -0.39 is 17.2 Å².